The minimum Gasteiger partial charge on any atom is -0.462 e. The van der Waals surface area contributed by atoms with E-state index in [9.17, 15) is 9.59 Å². The molecule has 1 atom stereocenters. The van der Waals surface area contributed by atoms with Gasteiger partial charge in [-0.3, -0.25) is 4.79 Å². The van der Waals surface area contributed by atoms with Crippen molar-refractivity contribution in [3.8, 4) is 0 Å². The second-order valence-electron chi connectivity index (χ2n) is 6.14. The highest BCUT2D eigenvalue weighted by Gasteiger charge is 2.12. The summed E-state index contributed by atoms with van der Waals surface area (Å²) < 4.78 is 4.94. The maximum absolute atomic E-state index is 12.2. The molecule has 2 aromatic rings. The molecule has 2 N–H and O–H groups in total. The summed E-state index contributed by atoms with van der Waals surface area (Å²) in [6, 6.07) is 15.0. The average Bonchev–Trinajstić information content (AvgIpc) is 2.57. The zero-order valence-electron chi connectivity index (χ0n) is 15.0. The van der Waals surface area contributed by atoms with Gasteiger partial charge in [0.25, 0.3) is 5.91 Å². The molecule has 1 amide bonds. The van der Waals surface area contributed by atoms with Crippen LogP contribution in [-0.4, -0.2) is 32.1 Å². The molecule has 0 aliphatic rings. The normalized spacial score (nSPS) is 11.6. The molecule has 2 aromatic carbocycles. The maximum Gasteiger partial charge on any atom is 0.338 e. The lowest BCUT2D eigenvalue weighted by molar-refractivity contribution is -0.885. The molecule has 0 saturated heterocycles. The largest absolute Gasteiger partial charge is 0.462 e. The van der Waals surface area contributed by atoms with E-state index in [0.29, 0.717) is 24.4 Å². The number of carbonyl (C=O) groups is 2. The van der Waals surface area contributed by atoms with E-state index in [4.69, 9.17) is 4.74 Å². The molecule has 0 spiro atoms. The zero-order valence-corrected chi connectivity index (χ0v) is 15.0. The van der Waals surface area contributed by atoms with Crippen molar-refractivity contribution in [1.82, 2.24) is 0 Å². The third kappa shape index (κ3) is 6.04. The van der Waals surface area contributed by atoms with Gasteiger partial charge in [0, 0.05) is 11.3 Å². The van der Waals surface area contributed by atoms with E-state index < -0.39 is 0 Å². The Hall–Kier alpha value is -2.66. The van der Waals surface area contributed by atoms with E-state index in [2.05, 4.69) is 36.5 Å². The molecule has 1 unspecified atom stereocenters. The monoisotopic (exact) mass is 341 g/mol. The van der Waals surface area contributed by atoms with E-state index >= 15 is 0 Å². The molecule has 0 aromatic heterocycles. The third-order valence-electron chi connectivity index (χ3n) is 3.77. The van der Waals surface area contributed by atoms with Gasteiger partial charge in [0.2, 0.25) is 0 Å². The van der Waals surface area contributed by atoms with Gasteiger partial charge in [-0.25, -0.2) is 4.79 Å². The summed E-state index contributed by atoms with van der Waals surface area (Å²) in [5.74, 6) is -0.420. The average molecular weight is 341 g/mol. The number of hydrogen-bond acceptors (Lipinski definition) is 3. The van der Waals surface area contributed by atoms with Crippen LogP contribution in [0.5, 0.6) is 0 Å². The van der Waals surface area contributed by atoms with Crippen LogP contribution in [0.15, 0.2) is 48.5 Å². The van der Waals surface area contributed by atoms with Gasteiger partial charge in [-0.1, -0.05) is 29.8 Å². The van der Waals surface area contributed by atoms with Gasteiger partial charge in [0.15, 0.2) is 6.54 Å². The van der Waals surface area contributed by atoms with E-state index in [0.717, 1.165) is 11.4 Å². The van der Waals surface area contributed by atoms with Gasteiger partial charge < -0.3 is 15.0 Å². The van der Waals surface area contributed by atoms with Gasteiger partial charge in [-0.2, -0.15) is 0 Å². The SMILES string of the molecule is CCOC(=O)c1ccc(NC(=O)C[NH+](C)Cc2ccc(C)cc2)cc1. The van der Waals surface area contributed by atoms with E-state index in [-0.39, 0.29) is 11.9 Å². The van der Waals surface area contributed by atoms with Gasteiger partial charge in [-0.15, -0.1) is 0 Å². The molecule has 0 aliphatic carbocycles. The van der Waals surface area contributed by atoms with Crippen molar-refractivity contribution in [3.05, 3.63) is 65.2 Å². The van der Waals surface area contributed by atoms with Gasteiger partial charge >= 0.3 is 5.97 Å². The van der Waals surface area contributed by atoms with Crippen LogP contribution in [0.25, 0.3) is 0 Å². The summed E-state index contributed by atoms with van der Waals surface area (Å²) in [5, 5.41) is 2.85. The molecular weight excluding hydrogens is 316 g/mol. The van der Waals surface area contributed by atoms with Crippen molar-refractivity contribution in [2.24, 2.45) is 0 Å². The fraction of sp³-hybridized carbons (Fsp3) is 0.300. The van der Waals surface area contributed by atoms with E-state index in [1.165, 1.54) is 11.1 Å². The first-order valence-corrected chi connectivity index (χ1v) is 8.42. The van der Waals surface area contributed by atoms with E-state index in [1.54, 1.807) is 31.2 Å². The van der Waals surface area contributed by atoms with Crippen LogP contribution in [-0.2, 0) is 16.1 Å². The predicted octanol–water partition coefficient (Wildman–Crippen LogP) is 1.83. The van der Waals surface area contributed by atoms with Crippen molar-refractivity contribution in [2.45, 2.75) is 20.4 Å². The highest BCUT2D eigenvalue weighted by atomic mass is 16.5. The third-order valence-corrected chi connectivity index (χ3v) is 3.77. The number of carbonyl (C=O) groups excluding carboxylic acids is 2. The smallest absolute Gasteiger partial charge is 0.338 e. The minimum atomic E-state index is -0.359. The molecule has 0 heterocycles. The van der Waals surface area contributed by atoms with Crippen molar-refractivity contribution < 1.29 is 19.2 Å². The Morgan fingerprint density at radius 2 is 1.68 bits per heavy atom. The van der Waals surface area contributed by atoms with E-state index in [1.807, 2.05) is 7.05 Å². The number of benzene rings is 2. The molecule has 0 radical (unpaired) electrons. The first kappa shape index (κ1) is 18.7. The number of nitrogens with one attached hydrogen (secondary N) is 2. The van der Waals surface area contributed by atoms with Crippen molar-refractivity contribution >= 4 is 17.6 Å². The zero-order chi connectivity index (χ0) is 18.2. The molecule has 0 bridgehead atoms. The Bertz CT molecular complexity index is 709. The lowest BCUT2D eigenvalue weighted by atomic mass is 10.1. The summed E-state index contributed by atoms with van der Waals surface area (Å²) in [4.78, 5) is 24.9. The first-order valence-electron chi connectivity index (χ1n) is 8.42. The Kier molecular flexibility index (Phi) is 6.71. The number of likely N-dealkylation sites (N-methyl/N-ethyl adjacent to an activating group) is 1. The summed E-state index contributed by atoms with van der Waals surface area (Å²) in [6.07, 6.45) is 0. The Labute approximate surface area is 148 Å². The second kappa shape index (κ2) is 8.99. The molecule has 132 valence electrons. The molecular formula is C20H25N2O3+. The molecule has 25 heavy (non-hydrogen) atoms. The Morgan fingerprint density at radius 1 is 1.04 bits per heavy atom. The van der Waals surface area contributed by atoms with Gasteiger partial charge in [0.1, 0.15) is 6.54 Å². The number of amides is 1. The standard InChI is InChI=1S/C20H24N2O3/c1-4-25-20(24)17-9-11-18(12-10-17)21-19(23)14-22(3)13-16-7-5-15(2)6-8-16/h5-12H,4,13-14H2,1-3H3,(H,21,23)/p+1. The summed E-state index contributed by atoms with van der Waals surface area (Å²) >= 11 is 0. The van der Waals surface area contributed by atoms with Crippen LogP contribution in [0, 0.1) is 6.92 Å². The van der Waals surface area contributed by atoms with Crippen molar-refractivity contribution in [1.29, 1.82) is 0 Å². The Morgan fingerprint density at radius 3 is 2.28 bits per heavy atom. The quantitative estimate of drug-likeness (QED) is 0.756. The lowest BCUT2D eigenvalue weighted by Crippen LogP contribution is -3.08. The van der Waals surface area contributed by atoms with Gasteiger partial charge in [-0.05, 0) is 38.1 Å². The molecule has 0 saturated carbocycles. The highest BCUT2D eigenvalue weighted by Crippen LogP contribution is 2.10. The van der Waals surface area contributed by atoms with Crippen LogP contribution in [0.4, 0.5) is 5.69 Å². The summed E-state index contributed by atoms with van der Waals surface area (Å²) in [6.45, 7) is 5.32. The number of aryl methyl sites for hydroxylation is 1. The predicted molar refractivity (Wildman–Crippen MR) is 97.7 cm³/mol. The van der Waals surface area contributed by atoms with Crippen LogP contribution < -0.4 is 10.2 Å². The van der Waals surface area contributed by atoms with Gasteiger partial charge in [0.05, 0.1) is 19.2 Å². The topological polar surface area (TPSA) is 59.8 Å². The Balaban J connectivity index is 1.84. The number of esters is 1. The molecule has 0 aliphatic heterocycles. The maximum atomic E-state index is 12.2. The van der Waals surface area contributed by atoms with Crippen molar-refractivity contribution in [2.75, 3.05) is 25.5 Å². The number of anilines is 1. The van der Waals surface area contributed by atoms with Crippen LogP contribution in [0.3, 0.4) is 0 Å². The van der Waals surface area contributed by atoms with Crippen LogP contribution in [0.1, 0.15) is 28.4 Å². The summed E-state index contributed by atoms with van der Waals surface area (Å²) in [5.41, 5.74) is 3.57. The number of quaternary nitrogens is 1. The summed E-state index contributed by atoms with van der Waals surface area (Å²) in [7, 11) is 1.99. The first-order chi connectivity index (χ1) is 12.0. The van der Waals surface area contributed by atoms with Crippen molar-refractivity contribution in [3.63, 3.8) is 0 Å². The highest BCUT2D eigenvalue weighted by molar-refractivity contribution is 5.93. The molecule has 0 fully saturated rings. The minimum absolute atomic E-state index is 0.0616. The molecule has 2 rings (SSSR count). The lowest BCUT2D eigenvalue weighted by Gasteiger charge is -2.14. The number of ether oxygens (including phenoxy) is 1. The second-order valence-corrected chi connectivity index (χ2v) is 6.14. The number of rotatable bonds is 7. The van der Waals surface area contributed by atoms with Crippen LogP contribution in [0.2, 0.25) is 0 Å². The molecule has 5 heteroatoms. The van der Waals surface area contributed by atoms with Crippen LogP contribution >= 0.6 is 0 Å². The fourth-order valence-corrected chi connectivity index (χ4v) is 2.50. The number of hydrogen-bond donors (Lipinski definition) is 2. The molecule has 5 nitrogen and oxygen atoms in total. The fourth-order valence-electron chi connectivity index (χ4n) is 2.50.